The Labute approximate surface area is 91.3 Å². The summed E-state index contributed by atoms with van der Waals surface area (Å²) < 4.78 is 5.02. The normalized spacial score (nSPS) is 21.9. The second kappa shape index (κ2) is 5.36. The topological polar surface area (TPSA) is 33.4 Å². The van der Waals surface area contributed by atoms with Gasteiger partial charge in [0.1, 0.15) is 0 Å². The highest BCUT2D eigenvalue weighted by atomic mass is 16.3. The van der Waals surface area contributed by atoms with Crippen LogP contribution in [-0.4, -0.2) is 5.11 Å². The van der Waals surface area contributed by atoms with E-state index < -0.39 is 0 Å². The molecule has 1 fully saturated rings. The first-order valence-electron chi connectivity index (χ1n) is 6.08. The van der Waals surface area contributed by atoms with E-state index in [1.165, 1.54) is 32.1 Å². The summed E-state index contributed by atoms with van der Waals surface area (Å²) in [6, 6.07) is 1.88. The number of aliphatic hydroxyl groups excluding tert-OH is 1. The SMILES string of the molecule is OC(c1ccoc1)C1CCCCCCC1. The van der Waals surface area contributed by atoms with E-state index in [9.17, 15) is 5.11 Å². The summed E-state index contributed by atoms with van der Waals surface area (Å²) in [7, 11) is 0. The lowest BCUT2D eigenvalue weighted by Gasteiger charge is -2.23. The van der Waals surface area contributed by atoms with Crippen LogP contribution < -0.4 is 0 Å². The van der Waals surface area contributed by atoms with Crippen molar-refractivity contribution in [1.29, 1.82) is 0 Å². The van der Waals surface area contributed by atoms with Crippen LogP contribution in [0.25, 0.3) is 0 Å². The highest BCUT2D eigenvalue weighted by Gasteiger charge is 2.21. The molecule has 1 heterocycles. The number of furan rings is 1. The van der Waals surface area contributed by atoms with Crippen molar-refractivity contribution in [2.24, 2.45) is 5.92 Å². The Morgan fingerprint density at radius 2 is 1.80 bits per heavy atom. The van der Waals surface area contributed by atoms with Crippen LogP contribution in [0.5, 0.6) is 0 Å². The van der Waals surface area contributed by atoms with Gasteiger partial charge in [-0.1, -0.05) is 32.1 Å². The van der Waals surface area contributed by atoms with Crippen molar-refractivity contribution in [3.05, 3.63) is 24.2 Å². The van der Waals surface area contributed by atoms with E-state index in [2.05, 4.69) is 0 Å². The monoisotopic (exact) mass is 208 g/mol. The van der Waals surface area contributed by atoms with Crippen molar-refractivity contribution in [1.82, 2.24) is 0 Å². The van der Waals surface area contributed by atoms with Crippen molar-refractivity contribution in [2.45, 2.75) is 51.0 Å². The van der Waals surface area contributed by atoms with Crippen LogP contribution in [0, 0.1) is 5.92 Å². The van der Waals surface area contributed by atoms with E-state index in [1.807, 2.05) is 6.07 Å². The summed E-state index contributed by atoms with van der Waals surface area (Å²) in [5.74, 6) is 0.433. The lowest BCUT2D eigenvalue weighted by atomic mass is 9.85. The fourth-order valence-corrected chi connectivity index (χ4v) is 2.52. The summed E-state index contributed by atoms with van der Waals surface area (Å²) in [5.41, 5.74) is 0.945. The van der Waals surface area contributed by atoms with E-state index in [4.69, 9.17) is 4.42 Å². The summed E-state index contributed by atoms with van der Waals surface area (Å²) in [4.78, 5) is 0. The van der Waals surface area contributed by atoms with Gasteiger partial charge >= 0.3 is 0 Å². The van der Waals surface area contributed by atoms with Gasteiger partial charge in [-0.3, -0.25) is 0 Å². The molecule has 1 aliphatic rings. The Kier molecular flexibility index (Phi) is 3.84. The number of rotatable bonds is 2. The zero-order valence-corrected chi connectivity index (χ0v) is 9.19. The quantitative estimate of drug-likeness (QED) is 0.804. The summed E-state index contributed by atoms with van der Waals surface area (Å²) in [6.45, 7) is 0. The maximum absolute atomic E-state index is 10.2. The Morgan fingerprint density at radius 1 is 1.13 bits per heavy atom. The minimum atomic E-state index is -0.318. The Balaban J connectivity index is 1.95. The molecule has 2 rings (SSSR count). The van der Waals surface area contributed by atoms with Gasteiger partial charge in [-0.15, -0.1) is 0 Å². The molecule has 0 amide bonds. The molecule has 1 atom stereocenters. The molecular weight excluding hydrogens is 188 g/mol. The zero-order valence-electron chi connectivity index (χ0n) is 9.19. The molecule has 0 aromatic carbocycles. The standard InChI is InChI=1S/C13H20O2/c14-13(12-8-9-15-10-12)11-6-4-2-1-3-5-7-11/h8-11,13-14H,1-7H2. The Bertz CT molecular complexity index is 258. The molecule has 0 aliphatic heterocycles. The summed E-state index contributed by atoms with van der Waals surface area (Å²) >= 11 is 0. The van der Waals surface area contributed by atoms with Gasteiger partial charge in [-0.25, -0.2) is 0 Å². The first-order valence-corrected chi connectivity index (χ1v) is 6.08. The fourth-order valence-electron chi connectivity index (χ4n) is 2.52. The third-order valence-corrected chi connectivity index (χ3v) is 3.48. The van der Waals surface area contributed by atoms with Crippen LogP contribution in [0.1, 0.15) is 56.6 Å². The Hall–Kier alpha value is -0.760. The third-order valence-electron chi connectivity index (χ3n) is 3.48. The lowest BCUT2D eigenvalue weighted by Crippen LogP contribution is -2.13. The molecule has 1 aromatic rings. The second-order valence-corrected chi connectivity index (χ2v) is 4.61. The number of aliphatic hydroxyl groups is 1. The van der Waals surface area contributed by atoms with Gasteiger partial charge in [-0.05, 0) is 24.8 Å². The molecule has 0 saturated heterocycles. The van der Waals surface area contributed by atoms with E-state index >= 15 is 0 Å². The van der Waals surface area contributed by atoms with Crippen molar-refractivity contribution in [2.75, 3.05) is 0 Å². The molecule has 2 nitrogen and oxygen atoms in total. The average Bonchev–Trinajstić information content (AvgIpc) is 2.68. The van der Waals surface area contributed by atoms with Gasteiger partial charge < -0.3 is 9.52 Å². The first kappa shape index (κ1) is 10.7. The maximum Gasteiger partial charge on any atom is 0.0960 e. The van der Waals surface area contributed by atoms with Gasteiger partial charge in [0.2, 0.25) is 0 Å². The van der Waals surface area contributed by atoms with E-state index in [0.717, 1.165) is 18.4 Å². The summed E-state index contributed by atoms with van der Waals surface area (Å²) in [5, 5.41) is 10.2. The van der Waals surface area contributed by atoms with E-state index in [-0.39, 0.29) is 6.10 Å². The van der Waals surface area contributed by atoms with Crippen molar-refractivity contribution in [3.8, 4) is 0 Å². The van der Waals surface area contributed by atoms with E-state index in [1.54, 1.807) is 12.5 Å². The molecule has 0 spiro atoms. The highest BCUT2D eigenvalue weighted by Crippen LogP contribution is 2.32. The fraction of sp³-hybridized carbons (Fsp3) is 0.692. The zero-order chi connectivity index (χ0) is 10.5. The van der Waals surface area contributed by atoms with Gasteiger partial charge in [-0.2, -0.15) is 0 Å². The maximum atomic E-state index is 10.2. The predicted octanol–water partition coefficient (Wildman–Crippen LogP) is 3.67. The van der Waals surface area contributed by atoms with Gasteiger partial charge in [0.05, 0.1) is 18.6 Å². The first-order chi connectivity index (χ1) is 7.38. The predicted molar refractivity (Wildman–Crippen MR) is 59.5 cm³/mol. The molecule has 1 N–H and O–H groups in total. The minimum Gasteiger partial charge on any atom is -0.472 e. The van der Waals surface area contributed by atoms with Crippen LogP contribution in [0.15, 0.2) is 23.0 Å². The van der Waals surface area contributed by atoms with Crippen molar-refractivity contribution < 1.29 is 9.52 Å². The highest BCUT2D eigenvalue weighted by molar-refractivity contribution is 5.10. The molecule has 15 heavy (non-hydrogen) atoms. The molecule has 2 heteroatoms. The minimum absolute atomic E-state index is 0.318. The van der Waals surface area contributed by atoms with Crippen molar-refractivity contribution >= 4 is 0 Å². The van der Waals surface area contributed by atoms with Crippen LogP contribution in [0.3, 0.4) is 0 Å². The van der Waals surface area contributed by atoms with Crippen LogP contribution in [0.2, 0.25) is 0 Å². The molecular formula is C13H20O2. The van der Waals surface area contributed by atoms with Crippen LogP contribution in [-0.2, 0) is 0 Å². The smallest absolute Gasteiger partial charge is 0.0960 e. The molecule has 1 aromatic heterocycles. The molecule has 84 valence electrons. The number of hydrogen-bond acceptors (Lipinski definition) is 2. The molecule has 0 bridgehead atoms. The molecule has 1 unspecified atom stereocenters. The van der Waals surface area contributed by atoms with E-state index in [0.29, 0.717) is 5.92 Å². The number of hydrogen-bond donors (Lipinski definition) is 1. The lowest BCUT2D eigenvalue weighted by molar-refractivity contribution is 0.0907. The van der Waals surface area contributed by atoms with Gasteiger partial charge in [0.15, 0.2) is 0 Å². The molecule has 1 saturated carbocycles. The summed E-state index contributed by atoms with van der Waals surface area (Å²) in [6.07, 6.45) is 11.9. The molecule has 0 radical (unpaired) electrons. The van der Waals surface area contributed by atoms with Crippen molar-refractivity contribution in [3.63, 3.8) is 0 Å². The van der Waals surface area contributed by atoms with Gasteiger partial charge in [0.25, 0.3) is 0 Å². The Morgan fingerprint density at radius 3 is 2.40 bits per heavy atom. The average molecular weight is 208 g/mol. The molecule has 1 aliphatic carbocycles. The van der Waals surface area contributed by atoms with Crippen LogP contribution in [0.4, 0.5) is 0 Å². The second-order valence-electron chi connectivity index (χ2n) is 4.61. The largest absolute Gasteiger partial charge is 0.472 e. The van der Waals surface area contributed by atoms with Gasteiger partial charge in [0, 0.05) is 5.56 Å². The van der Waals surface area contributed by atoms with Crippen LogP contribution >= 0.6 is 0 Å². The third kappa shape index (κ3) is 2.85.